The highest BCUT2D eigenvalue weighted by Crippen LogP contribution is 2.27. The number of carbonyl (C=O) groups excluding carboxylic acids is 1. The molecule has 1 aliphatic heterocycles. The van der Waals surface area contributed by atoms with Crippen molar-refractivity contribution in [3.05, 3.63) is 58.4 Å². The second kappa shape index (κ2) is 7.10. The first-order valence-electron chi connectivity index (χ1n) is 8.71. The molecule has 3 aromatic rings. The van der Waals surface area contributed by atoms with E-state index in [1.54, 1.807) is 30.3 Å². The number of nitrogens with zero attached hydrogens (tertiary/aromatic N) is 5. The summed E-state index contributed by atoms with van der Waals surface area (Å²) >= 11 is 0. The van der Waals surface area contributed by atoms with Crippen LogP contribution in [0.2, 0.25) is 0 Å². The highest BCUT2D eigenvalue weighted by Gasteiger charge is 2.30. The number of rotatable bonds is 3. The van der Waals surface area contributed by atoms with Gasteiger partial charge in [0, 0.05) is 37.2 Å². The summed E-state index contributed by atoms with van der Waals surface area (Å²) in [6.07, 6.45) is 6.30. The molecule has 0 bridgehead atoms. The van der Waals surface area contributed by atoms with Crippen molar-refractivity contribution in [3.8, 4) is 11.4 Å². The number of nitrogens with one attached hydrogen (secondary N) is 1. The Morgan fingerprint density at radius 1 is 1.37 bits per heavy atom. The number of aromatic amines is 1. The quantitative estimate of drug-likeness (QED) is 0.747. The molecule has 9 heteroatoms. The molecular formula is C18H18N6O3. The first kappa shape index (κ1) is 17.1. The molecule has 1 amide bonds. The third-order valence-corrected chi connectivity index (χ3v) is 4.58. The van der Waals surface area contributed by atoms with Gasteiger partial charge in [-0.1, -0.05) is 5.16 Å². The second-order valence-electron chi connectivity index (χ2n) is 6.50. The molecule has 0 saturated carbocycles. The molecule has 0 unspecified atom stereocenters. The van der Waals surface area contributed by atoms with E-state index in [0.29, 0.717) is 30.6 Å². The van der Waals surface area contributed by atoms with Crippen molar-refractivity contribution in [1.82, 2.24) is 30.0 Å². The molecule has 1 aliphatic rings. The number of H-pyrrole nitrogens is 1. The number of pyridine rings is 1. The molecular weight excluding hydrogens is 348 g/mol. The maximum atomic E-state index is 12.7. The van der Waals surface area contributed by atoms with E-state index in [1.165, 1.54) is 6.20 Å². The number of likely N-dealkylation sites (tertiary alicyclic amines) is 1. The SMILES string of the molecule is Cc1ncc(C(=O)N2CCC[C@H](c3nc(-c4cccnc4)no3)C2)c(=O)[nH]1. The Bertz CT molecular complexity index is 1010. The zero-order valence-electron chi connectivity index (χ0n) is 14.8. The number of piperidine rings is 1. The predicted molar refractivity (Wildman–Crippen MR) is 95.0 cm³/mol. The number of amides is 1. The first-order chi connectivity index (χ1) is 13.1. The molecule has 1 saturated heterocycles. The van der Waals surface area contributed by atoms with Crippen molar-refractivity contribution in [2.24, 2.45) is 0 Å². The van der Waals surface area contributed by atoms with Crippen molar-refractivity contribution < 1.29 is 9.32 Å². The van der Waals surface area contributed by atoms with Crippen LogP contribution in [0.3, 0.4) is 0 Å². The average Bonchev–Trinajstić information content (AvgIpc) is 3.19. The van der Waals surface area contributed by atoms with Gasteiger partial charge in [-0.2, -0.15) is 4.98 Å². The van der Waals surface area contributed by atoms with Crippen LogP contribution < -0.4 is 5.56 Å². The summed E-state index contributed by atoms with van der Waals surface area (Å²) in [5.41, 5.74) is 0.391. The standard InChI is InChI=1S/C18H18N6O3/c1-11-20-9-14(16(25)21-11)18(26)24-7-3-5-13(10-24)17-22-15(23-27-17)12-4-2-6-19-8-12/h2,4,6,8-9,13H,3,5,7,10H2,1H3,(H,20,21,25)/t13-/m0/s1. The summed E-state index contributed by atoms with van der Waals surface area (Å²) in [4.78, 5) is 41.5. The lowest BCUT2D eigenvalue weighted by Gasteiger charge is -2.30. The molecule has 4 rings (SSSR count). The van der Waals surface area contributed by atoms with Crippen molar-refractivity contribution in [1.29, 1.82) is 0 Å². The Morgan fingerprint density at radius 2 is 2.26 bits per heavy atom. The van der Waals surface area contributed by atoms with Gasteiger partial charge in [-0.05, 0) is 31.9 Å². The van der Waals surface area contributed by atoms with E-state index in [9.17, 15) is 9.59 Å². The third kappa shape index (κ3) is 3.48. The second-order valence-corrected chi connectivity index (χ2v) is 6.50. The summed E-state index contributed by atoms with van der Waals surface area (Å²) in [6, 6.07) is 3.66. The summed E-state index contributed by atoms with van der Waals surface area (Å²) in [6.45, 7) is 2.66. The van der Waals surface area contributed by atoms with Gasteiger partial charge >= 0.3 is 0 Å². The molecule has 138 valence electrons. The zero-order valence-corrected chi connectivity index (χ0v) is 14.8. The van der Waals surface area contributed by atoms with Crippen LogP contribution >= 0.6 is 0 Å². The minimum Gasteiger partial charge on any atom is -0.339 e. The van der Waals surface area contributed by atoms with Gasteiger partial charge in [0.2, 0.25) is 11.7 Å². The van der Waals surface area contributed by atoms with E-state index >= 15 is 0 Å². The number of aromatic nitrogens is 5. The van der Waals surface area contributed by atoms with E-state index in [-0.39, 0.29) is 17.4 Å². The van der Waals surface area contributed by atoms with E-state index in [2.05, 4.69) is 25.1 Å². The van der Waals surface area contributed by atoms with Crippen LogP contribution in [0.15, 0.2) is 40.0 Å². The molecule has 9 nitrogen and oxygen atoms in total. The first-order valence-corrected chi connectivity index (χ1v) is 8.71. The van der Waals surface area contributed by atoms with Crippen LogP contribution in [-0.2, 0) is 0 Å². The lowest BCUT2D eigenvalue weighted by atomic mass is 9.97. The number of hydrogen-bond donors (Lipinski definition) is 1. The molecule has 1 atom stereocenters. The largest absolute Gasteiger partial charge is 0.339 e. The highest BCUT2D eigenvalue weighted by atomic mass is 16.5. The molecule has 4 heterocycles. The molecule has 27 heavy (non-hydrogen) atoms. The molecule has 3 aromatic heterocycles. The Morgan fingerprint density at radius 3 is 3.04 bits per heavy atom. The summed E-state index contributed by atoms with van der Waals surface area (Å²) in [5, 5.41) is 4.02. The molecule has 0 radical (unpaired) electrons. The lowest BCUT2D eigenvalue weighted by Crippen LogP contribution is -2.41. The topological polar surface area (TPSA) is 118 Å². The summed E-state index contributed by atoms with van der Waals surface area (Å²) < 4.78 is 5.42. The van der Waals surface area contributed by atoms with Crippen molar-refractivity contribution in [2.45, 2.75) is 25.7 Å². The van der Waals surface area contributed by atoms with E-state index in [1.807, 2.05) is 6.07 Å². The van der Waals surface area contributed by atoms with Crippen LogP contribution in [0.4, 0.5) is 0 Å². The van der Waals surface area contributed by atoms with Crippen LogP contribution in [0.25, 0.3) is 11.4 Å². The Labute approximate surface area is 154 Å². The average molecular weight is 366 g/mol. The predicted octanol–water partition coefficient (Wildman–Crippen LogP) is 1.54. The van der Waals surface area contributed by atoms with Crippen molar-refractivity contribution in [3.63, 3.8) is 0 Å². The Hall–Kier alpha value is -3.36. The van der Waals surface area contributed by atoms with Crippen LogP contribution in [0.1, 0.15) is 40.8 Å². The van der Waals surface area contributed by atoms with Crippen LogP contribution in [0.5, 0.6) is 0 Å². The van der Waals surface area contributed by atoms with Gasteiger partial charge in [0.1, 0.15) is 11.4 Å². The smallest absolute Gasteiger partial charge is 0.263 e. The van der Waals surface area contributed by atoms with Crippen molar-refractivity contribution in [2.75, 3.05) is 13.1 Å². The minimum atomic E-state index is -0.425. The number of carbonyl (C=O) groups is 1. The van der Waals surface area contributed by atoms with Gasteiger partial charge in [0.05, 0.1) is 5.92 Å². The summed E-state index contributed by atoms with van der Waals surface area (Å²) in [5.74, 6) is 1.03. The van der Waals surface area contributed by atoms with E-state index in [4.69, 9.17) is 4.52 Å². The molecule has 1 N–H and O–H groups in total. The fourth-order valence-corrected chi connectivity index (χ4v) is 3.18. The van der Waals surface area contributed by atoms with Gasteiger partial charge in [0.25, 0.3) is 11.5 Å². The molecule has 1 fully saturated rings. The molecule has 0 aliphatic carbocycles. The van der Waals surface area contributed by atoms with Gasteiger partial charge in [-0.25, -0.2) is 4.98 Å². The number of aryl methyl sites for hydroxylation is 1. The van der Waals surface area contributed by atoms with Crippen LogP contribution in [0, 0.1) is 6.92 Å². The fraction of sp³-hybridized carbons (Fsp3) is 0.333. The third-order valence-electron chi connectivity index (χ3n) is 4.58. The van der Waals surface area contributed by atoms with Gasteiger partial charge in [-0.3, -0.25) is 14.6 Å². The highest BCUT2D eigenvalue weighted by molar-refractivity contribution is 5.93. The maximum absolute atomic E-state index is 12.7. The zero-order chi connectivity index (χ0) is 18.8. The summed E-state index contributed by atoms with van der Waals surface area (Å²) in [7, 11) is 0. The van der Waals surface area contributed by atoms with Gasteiger partial charge in [-0.15, -0.1) is 0 Å². The normalized spacial score (nSPS) is 17.1. The molecule has 0 spiro atoms. The van der Waals surface area contributed by atoms with Gasteiger partial charge in [0.15, 0.2) is 0 Å². The monoisotopic (exact) mass is 366 g/mol. The van der Waals surface area contributed by atoms with Gasteiger partial charge < -0.3 is 14.4 Å². The lowest BCUT2D eigenvalue weighted by molar-refractivity contribution is 0.0693. The Balaban J connectivity index is 1.52. The maximum Gasteiger partial charge on any atom is 0.263 e. The minimum absolute atomic E-state index is 0.0443. The van der Waals surface area contributed by atoms with E-state index in [0.717, 1.165) is 18.4 Å². The number of hydrogen-bond acceptors (Lipinski definition) is 7. The Kier molecular flexibility index (Phi) is 4.49. The fourth-order valence-electron chi connectivity index (χ4n) is 3.18. The van der Waals surface area contributed by atoms with Crippen LogP contribution in [-0.4, -0.2) is 49.0 Å². The molecule has 0 aromatic carbocycles. The van der Waals surface area contributed by atoms with Crippen molar-refractivity contribution >= 4 is 5.91 Å². The van der Waals surface area contributed by atoms with E-state index < -0.39 is 5.56 Å².